The van der Waals surface area contributed by atoms with Gasteiger partial charge in [-0.3, -0.25) is 9.48 Å². The second kappa shape index (κ2) is 7.26. The van der Waals surface area contributed by atoms with Gasteiger partial charge in [0.25, 0.3) is 5.91 Å². The minimum absolute atomic E-state index is 0.327. The molecule has 0 bridgehead atoms. The van der Waals surface area contributed by atoms with E-state index in [1.807, 2.05) is 0 Å². The lowest BCUT2D eigenvalue weighted by atomic mass is 10.1. The summed E-state index contributed by atoms with van der Waals surface area (Å²) in [6.07, 6.45) is -4.78. The van der Waals surface area contributed by atoms with Crippen LogP contribution in [0.25, 0.3) is 11.3 Å². The van der Waals surface area contributed by atoms with E-state index in [-0.39, 0.29) is 11.3 Å². The third-order valence-electron chi connectivity index (χ3n) is 4.10. The molecule has 0 saturated heterocycles. The summed E-state index contributed by atoms with van der Waals surface area (Å²) in [6, 6.07) is 5.80. The Morgan fingerprint density at radius 2 is 1.62 bits per heavy atom. The van der Waals surface area contributed by atoms with Crippen molar-refractivity contribution in [1.82, 2.24) is 9.78 Å². The van der Waals surface area contributed by atoms with Gasteiger partial charge in [-0.25, -0.2) is 13.2 Å². The fraction of sp³-hybridized carbons (Fsp3) is 0.158. The van der Waals surface area contributed by atoms with Gasteiger partial charge < -0.3 is 5.32 Å². The van der Waals surface area contributed by atoms with Gasteiger partial charge in [-0.05, 0) is 42.8 Å². The van der Waals surface area contributed by atoms with E-state index >= 15 is 0 Å². The van der Waals surface area contributed by atoms with E-state index in [9.17, 15) is 31.1 Å². The fourth-order valence-electron chi connectivity index (χ4n) is 2.73. The highest BCUT2D eigenvalue weighted by molar-refractivity contribution is 6.04. The van der Waals surface area contributed by atoms with Crippen molar-refractivity contribution in [2.45, 2.75) is 13.1 Å². The molecule has 0 unspecified atom stereocenters. The molecule has 29 heavy (non-hydrogen) atoms. The number of benzene rings is 2. The van der Waals surface area contributed by atoms with Gasteiger partial charge in [0.1, 0.15) is 17.5 Å². The number of halogens is 6. The predicted octanol–water partition coefficient (Wildman–Crippen LogP) is 5.08. The Morgan fingerprint density at radius 1 is 1.00 bits per heavy atom. The van der Waals surface area contributed by atoms with Crippen molar-refractivity contribution in [2.75, 3.05) is 5.32 Å². The average Bonchev–Trinajstić information content (AvgIpc) is 2.96. The molecule has 4 nitrogen and oxygen atoms in total. The van der Waals surface area contributed by atoms with E-state index in [1.165, 1.54) is 12.1 Å². The molecule has 2 aromatic carbocycles. The highest BCUT2D eigenvalue weighted by atomic mass is 19.4. The number of aromatic nitrogens is 2. The first-order valence-corrected chi connectivity index (χ1v) is 8.15. The number of aryl methyl sites for hydroxylation is 2. The van der Waals surface area contributed by atoms with Crippen molar-refractivity contribution >= 4 is 11.6 Å². The topological polar surface area (TPSA) is 46.9 Å². The SMILES string of the molecule is Cc1ccc(C(=O)Nc2cc(F)c(-c3cc(C(F)(F)F)nn3C)c(F)c2)c(F)c1. The highest BCUT2D eigenvalue weighted by Gasteiger charge is 2.35. The van der Waals surface area contributed by atoms with E-state index in [0.717, 1.165) is 25.2 Å². The third kappa shape index (κ3) is 4.10. The standard InChI is InChI=1S/C19H13F6N3O/c1-9-3-4-11(12(20)5-9)18(29)26-10-6-13(21)17(14(22)7-10)15-8-16(19(23,24)25)27-28(15)2/h3-8H,1-2H3,(H,26,29). The molecular weight excluding hydrogens is 400 g/mol. The monoisotopic (exact) mass is 413 g/mol. The number of nitrogens with zero attached hydrogens (tertiary/aromatic N) is 2. The highest BCUT2D eigenvalue weighted by Crippen LogP contribution is 2.34. The van der Waals surface area contributed by atoms with Gasteiger partial charge in [0.2, 0.25) is 0 Å². The van der Waals surface area contributed by atoms with E-state index in [1.54, 1.807) is 6.92 Å². The summed E-state index contributed by atoms with van der Waals surface area (Å²) in [5.74, 6) is -4.19. The smallest absolute Gasteiger partial charge is 0.322 e. The van der Waals surface area contributed by atoms with Gasteiger partial charge >= 0.3 is 6.18 Å². The molecule has 1 aromatic heterocycles. The number of carbonyl (C=O) groups is 1. The van der Waals surface area contributed by atoms with Crippen LogP contribution < -0.4 is 5.32 Å². The molecular formula is C19H13F6N3O. The van der Waals surface area contributed by atoms with Crippen LogP contribution in [0.1, 0.15) is 21.6 Å². The zero-order chi connectivity index (χ0) is 21.5. The lowest BCUT2D eigenvalue weighted by Gasteiger charge is -2.10. The molecule has 3 aromatic rings. The molecule has 0 spiro atoms. The van der Waals surface area contributed by atoms with Crippen LogP contribution in [0.15, 0.2) is 36.4 Å². The summed E-state index contributed by atoms with van der Waals surface area (Å²) in [5.41, 5.74) is -2.56. The number of alkyl halides is 3. The number of nitrogens with one attached hydrogen (secondary N) is 1. The third-order valence-corrected chi connectivity index (χ3v) is 4.10. The first-order chi connectivity index (χ1) is 13.5. The van der Waals surface area contributed by atoms with Crippen molar-refractivity contribution in [2.24, 2.45) is 7.05 Å². The average molecular weight is 413 g/mol. The number of amides is 1. The predicted molar refractivity (Wildman–Crippen MR) is 92.7 cm³/mol. The van der Waals surface area contributed by atoms with Gasteiger partial charge in [-0.2, -0.15) is 18.3 Å². The molecule has 0 aliphatic carbocycles. The molecule has 0 aliphatic rings. The summed E-state index contributed by atoms with van der Waals surface area (Å²) in [4.78, 5) is 12.2. The van der Waals surface area contributed by atoms with Gasteiger partial charge in [0.15, 0.2) is 5.69 Å². The molecule has 1 N–H and O–H groups in total. The fourth-order valence-corrected chi connectivity index (χ4v) is 2.73. The molecule has 0 aliphatic heterocycles. The Kier molecular flexibility index (Phi) is 5.12. The van der Waals surface area contributed by atoms with Gasteiger partial charge in [0.05, 0.1) is 16.8 Å². The first-order valence-electron chi connectivity index (χ1n) is 8.15. The molecule has 0 fully saturated rings. The van der Waals surface area contributed by atoms with Crippen LogP contribution in [0.3, 0.4) is 0 Å². The lowest BCUT2D eigenvalue weighted by molar-refractivity contribution is -0.141. The molecule has 10 heteroatoms. The maximum atomic E-state index is 14.5. The zero-order valence-corrected chi connectivity index (χ0v) is 15.0. The van der Waals surface area contributed by atoms with Crippen molar-refractivity contribution in [3.05, 3.63) is 70.7 Å². The number of rotatable bonds is 3. The quantitative estimate of drug-likeness (QED) is 0.609. The van der Waals surface area contributed by atoms with Crippen molar-refractivity contribution < 1.29 is 31.1 Å². The summed E-state index contributed by atoms with van der Waals surface area (Å²) in [6.45, 7) is 1.62. The molecule has 0 atom stereocenters. The van der Waals surface area contributed by atoms with Gasteiger partial charge in [0, 0.05) is 12.7 Å². The zero-order valence-electron chi connectivity index (χ0n) is 15.0. The van der Waals surface area contributed by atoms with E-state index < -0.39 is 46.5 Å². The number of hydrogen-bond acceptors (Lipinski definition) is 2. The minimum atomic E-state index is -4.78. The largest absolute Gasteiger partial charge is 0.435 e. The summed E-state index contributed by atoms with van der Waals surface area (Å²) in [5, 5.41) is 5.38. The van der Waals surface area contributed by atoms with Crippen LogP contribution in [0.5, 0.6) is 0 Å². The molecule has 1 amide bonds. The van der Waals surface area contributed by atoms with Crippen LogP contribution >= 0.6 is 0 Å². The first kappa shape index (κ1) is 20.4. The Hall–Kier alpha value is -3.30. The van der Waals surface area contributed by atoms with Crippen LogP contribution in [-0.2, 0) is 13.2 Å². The van der Waals surface area contributed by atoms with Crippen molar-refractivity contribution in [1.29, 1.82) is 0 Å². The van der Waals surface area contributed by atoms with Gasteiger partial charge in [-0.1, -0.05) is 6.07 Å². The van der Waals surface area contributed by atoms with Crippen molar-refractivity contribution in [3.8, 4) is 11.3 Å². The van der Waals surface area contributed by atoms with Crippen molar-refractivity contribution in [3.63, 3.8) is 0 Å². The Morgan fingerprint density at radius 3 is 2.14 bits per heavy atom. The maximum absolute atomic E-state index is 14.5. The summed E-state index contributed by atoms with van der Waals surface area (Å²) < 4.78 is 81.9. The van der Waals surface area contributed by atoms with Crippen LogP contribution in [0.2, 0.25) is 0 Å². The van der Waals surface area contributed by atoms with E-state index in [2.05, 4.69) is 10.4 Å². The summed E-state index contributed by atoms with van der Waals surface area (Å²) in [7, 11) is 1.11. The van der Waals surface area contributed by atoms with Crippen LogP contribution in [-0.4, -0.2) is 15.7 Å². The molecule has 0 radical (unpaired) electrons. The molecule has 3 rings (SSSR count). The molecule has 152 valence electrons. The molecule has 0 saturated carbocycles. The number of anilines is 1. The van der Waals surface area contributed by atoms with E-state index in [0.29, 0.717) is 16.3 Å². The lowest BCUT2D eigenvalue weighted by Crippen LogP contribution is -2.14. The van der Waals surface area contributed by atoms with E-state index in [4.69, 9.17) is 0 Å². The number of carbonyl (C=O) groups excluding carboxylic acids is 1. The van der Waals surface area contributed by atoms with Crippen LogP contribution in [0.4, 0.5) is 32.0 Å². The Balaban J connectivity index is 1.94. The Bertz CT molecular complexity index is 1080. The minimum Gasteiger partial charge on any atom is -0.322 e. The maximum Gasteiger partial charge on any atom is 0.435 e. The van der Waals surface area contributed by atoms with Gasteiger partial charge in [-0.15, -0.1) is 0 Å². The second-order valence-corrected chi connectivity index (χ2v) is 6.29. The van der Waals surface area contributed by atoms with Crippen LogP contribution in [0, 0.1) is 24.4 Å². The second-order valence-electron chi connectivity index (χ2n) is 6.29. The number of hydrogen-bond donors (Lipinski definition) is 1. The normalized spacial score (nSPS) is 11.6. The summed E-state index contributed by atoms with van der Waals surface area (Å²) >= 11 is 0. The Labute approximate surface area is 160 Å². The molecule has 1 heterocycles.